The molecule has 1 saturated heterocycles. The molecule has 0 atom stereocenters. The van der Waals surface area contributed by atoms with Crippen molar-refractivity contribution in [3.63, 3.8) is 0 Å². The van der Waals surface area contributed by atoms with E-state index in [4.69, 9.17) is 4.74 Å². The summed E-state index contributed by atoms with van der Waals surface area (Å²) in [5, 5.41) is 3.87. The minimum absolute atomic E-state index is 0.230. The minimum Gasteiger partial charge on any atom is -0.383 e. The molecule has 0 unspecified atom stereocenters. The highest BCUT2D eigenvalue weighted by molar-refractivity contribution is 8.00. The zero-order valence-electron chi connectivity index (χ0n) is 13.3. The predicted molar refractivity (Wildman–Crippen MR) is 88.8 cm³/mol. The molecule has 0 spiro atoms. The monoisotopic (exact) mass is 314 g/mol. The highest BCUT2D eigenvalue weighted by Gasteiger charge is 2.20. The zero-order chi connectivity index (χ0) is 14.9. The van der Waals surface area contributed by atoms with Gasteiger partial charge in [-0.15, -0.1) is 11.8 Å². The lowest BCUT2D eigenvalue weighted by atomic mass is 9.97. The SMILES string of the molecule is COCCN1CCC(CNC(=O)CSC2CCCC2)CC1. The van der Waals surface area contributed by atoms with Gasteiger partial charge in [-0.3, -0.25) is 4.79 Å². The first kappa shape index (κ1) is 17.1. The maximum atomic E-state index is 11.9. The molecule has 2 fully saturated rings. The van der Waals surface area contributed by atoms with Crippen molar-refractivity contribution in [1.29, 1.82) is 0 Å². The van der Waals surface area contributed by atoms with Gasteiger partial charge >= 0.3 is 0 Å². The van der Waals surface area contributed by atoms with Gasteiger partial charge in [0.25, 0.3) is 0 Å². The van der Waals surface area contributed by atoms with Crippen LogP contribution >= 0.6 is 11.8 Å². The van der Waals surface area contributed by atoms with Gasteiger partial charge in [0.15, 0.2) is 0 Å². The molecule has 1 N–H and O–H groups in total. The second-order valence-corrected chi connectivity index (χ2v) is 7.59. The van der Waals surface area contributed by atoms with Gasteiger partial charge in [0.2, 0.25) is 5.91 Å². The molecule has 0 bridgehead atoms. The number of amides is 1. The Labute approximate surface area is 133 Å². The second kappa shape index (κ2) is 9.70. The van der Waals surface area contributed by atoms with Gasteiger partial charge in [0.1, 0.15) is 0 Å². The Balaban J connectivity index is 1.51. The van der Waals surface area contributed by atoms with Crippen LogP contribution in [0.3, 0.4) is 0 Å². The average Bonchev–Trinajstić information content (AvgIpc) is 3.03. The molecule has 1 aliphatic carbocycles. The molecule has 5 heteroatoms. The lowest BCUT2D eigenvalue weighted by Crippen LogP contribution is -2.40. The van der Waals surface area contributed by atoms with Gasteiger partial charge in [0.05, 0.1) is 12.4 Å². The summed E-state index contributed by atoms with van der Waals surface area (Å²) in [7, 11) is 1.76. The van der Waals surface area contributed by atoms with Crippen LogP contribution < -0.4 is 5.32 Å². The zero-order valence-corrected chi connectivity index (χ0v) is 14.1. The van der Waals surface area contributed by atoms with Crippen molar-refractivity contribution in [3.8, 4) is 0 Å². The van der Waals surface area contributed by atoms with E-state index in [1.54, 1.807) is 7.11 Å². The molecule has 2 aliphatic rings. The van der Waals surface area contributed by atoms with Crippen LogP contribution in [0.2, 0.25) is 0 Å². The highest BCUT2D eigenvalue weighted by Crippen LogP contribution is 2.29. The van der Waals surface area contributed by atoms with E-state index in [0.29, 0.717) is 11.7 Å². The first-order chi connectivity index (χ1) is 10.3. The van der Waals surface area contributed by atoms with Gasteiger partial charge in [-0.05, 0) is 44.7 Å². The van der Waals surface area contributed by atoms with E-state index in [1.807, 2.05) is 11.8 Å². The van der Waals surface area contributed by atoms with E-state index in [0.717, 1.165) is 38.0 Å². The van der Waals surface area contributed by atoms with Crippen molar-refractivity contribution in [3.05, 3.63) is 0 Å². The number of likely N-dealkylation sites (tertiary alicyclic amines) is 1. The molecular weight excluding hydrogens is 284 g/mol. The minimum atomic E-state index is 0.230. The number of rotatable bonds is 8. The number of carbonyl (C=O) groups excluding carboxylic acids is 1. The van der Waals surface area contributed by atoms with Crippen LogP contribution in [0.4, 0.5) is 0 Å². The fourth-order valence-electron chi connectivity index (χ4n) is 3.19. The largest absolute Gasteiger partial charge is 0.383 e. The Hall–Kier alpha value is -0.260. The Kier molecular flexibility index (Phi) is 7.89. The summed E-state index contributed by atoms with van der Waals surface area (Å²) in [6.45, 7) is 5.00. The lowest BCUT2D eigenvalue weighted by Gasteiger charge is -2.31. The summed E-state index contributed by atoms with van der Waals surface area (Å²) >= 11 is 1.85. The number of hydrogen-bond donors (Lipinski definition) is 1. The van der Waals surface area contributed by atoms with E-state index in [-0.39, 0.29) is 5.91 Å². The van der Waals surface area contributed by atoms with E-state index < -0.39 is 0 Å². The summed E-state index contributed by atoms with van der Waals surface area (Å²) in [5.74, 6) is 1.54. The van der Waals surface area contributed by atoms with Crippen LogP contribution in [-0.4, -0.2) is 61.7 Å². The number of ether oxygens (including phenoxy) is 1. The van der Waals surface area contributed by atoms with Crippen molar-refractivity contribution < 1.29 is 9.53 Å². The molecule has 122 valence electrons. The van der Waals surface area contributed by atoms with Gasteiger partial charge in [-0.1, -0.05) is 12.8 Å². The van der Waals surface area contributed by atoms with E-state index in [9.17, 15) is 4.79 Å². The number of hydrogen-bond acceptors (Lipinski definition) is 4. The standard InChI is InChI=1S/C16H30N2O2S/c1-20-11-10-18-8-6-14(7-9-18)12-17-16(19)13-21-15-4-2-3-5-15/h14-15H,2-13H2,1H3,(H,17,19). The smallest absolute Gasteiger partial charge is 0.230 e. The third-order valence-corrected chi connectivity index (χ3v) is 6.03. The van der Waals surface area contributed by atoms with Crippen LogP contribution in [0.15, 0.2) is 0 Å². The van der Waals surface area contributed by atoms with Crippen molar-refractivity contribution in [2.24, 2.45) is 5.92 Å². The Morgan fingerprint density at radius 3 is 2.62 bits per heavy atom. The number of nitrogens with zero attached hydrogens (tertiary/aromatic N) is 1. The maximum Gasteiger partial charge on any atom is 0.230 e. The third kappa shape index (κ3) is 6.57. The molecule has 0 aromatic carbocycles. The van der Waals surface area contributed by atoms with E-state index >= 15 is 0 Å². The van der Waals surface area contributed by atoms with Gasteiger partial charge in [-0.25, -0.2) is 0 Å². The number of carbonyl (C=O) groups is 1. The van der Waals surface area contributed by atoms with Crippen LogP contribution in [0.5, 0.6) is 0 Å². The van der Waals surface area contributed by atoms with Gasteiger partial charge in [-0.2, -0.15) is 0 Å². The molecule has 1 heterocycles. The molecule has 2 rings (SSSR count). The van der Waals surface area contributed by atoms with Crippen LogP contribution in [0.25, 0.3) is 0 Å². The van der Waals surface area contributed by atoms with Gasteiger partial charge in [0, 0.05) is 25.4 Å². The molecule has 1 aliphatic heterocycles. The summed E-state index contributed by atoms with van der Waals surface area (Å²) in [5.41, 5.74) is 0. The molecule has 0 aromatic rings. The summed E-state index contributed by atoms with van der Waals surface area (Å²) in [6.07, 6.45) is 7.69. The molecule has 1 amide bonds. The van der Waals surface area contributed by atoms with E-state index in [1.165, 1.54) is 38.5 Å². The quantitative estimate of drug-likeness (QED) is 0.745. The first-order valence-electron chi connectivity index (χ1n) is 8.37. The van der Waals surface area contributed by atoms with Crippen LogP contribution in [0.1, 0.15) is 38.5 Å². The topological polar surface area (TPSA) is 41.6 Å². The summed E-state index contributed by atoms with van der Waals surface area (Å²) in [4.78, 5) is 14.3. The number of thioether (sulfide) groups is 1. The molecule has 21 heavy (non-hydrogen) atoms. The Morgan fingerprint density at radius 2 is 1.95 bits per heavy atom. The van der Waals surface area contributed by atoms with Crippen molar-refractivity contribution >= 4 is 17.7 Å². The van der Waals surface area contributed by atoms with E-state index in [2.05, 4.69) is 10.2 Å². The van der Waals surface area contributed by atoms with Crippen LogP contribution in [-0.2, 0) is 9.53 Å². The first-order valence-corrected chi connectivity index (χ1v) is 9.42. The van der Waals surface area contributed by atoms with Crippen molar-refractivity contribution in [2.45, 2.75) is 43.8 Å². The van der Waals surface area contributed by atoms with Crippen molar-refractivity contribution in [1.82, 2.24) is 10.2 Å². The number of methoxy groups -OCH3 is 1. The Bertz CT molecular complexity index is 301. The molecule has 4 nitrogen and oxygen atoms in total. The highest BCUT2D eigenvalue weighted by atomic mass is 32.2. The summed E-state index contributed by atoms with van der Waals surface area (Å²) in [6, 6.07) is 0. The molecular formula is C16H30N2O2S. The second-order valence-electron chi connectivity index (χ2n) is 6.30. The van der Waals surface area contributed by atoms with Crippen molar-refractivity contribution in [2.75, 3.05) is 45.6 Å². The molecule has 1 saturated carbocycles. The fourth-order valence-corrected chi connectivity index (χ4v) is 4.35. The lowest BCUT2D eigenvalue weighted by molar-refractivity contribution is -0.118. The predicted octanol–water partition coefficient (Wildman–Crippen LogP) is 2.14. The average molecular weight is 314 g/mol. The normalized spacial score (nSPS) is 21.8. The molecule has 0 aromatic heterocycles. The Morgan fingerprint density at radius 1 is 1.24 bits per heavy atom. The third-order valence-electron chi connectivity index (χ3n) is 4.66. The van der Waals surface area contributed by atoms with Gasteiger partial charge < -0.3 is 15.0 Å². The number of nitrogens with one attached hydrogen (secondary N) is 1. The van der Waals surface area contributed by atoms with Crippen LogP contribution in [0, 0.1) is 5.92 Å². The summed E-state index contributed by atoms with van der Waals surface area (Å²) < 4.78 is 5.12. The molecule has 0 radical (unpaired) electrons. The fraction of sp³-hybridized carbons (Fsp3) is 0.938. The number of piperidine rings is 1. The maximum absolute atomic E-state index is 11.9.